The minimum Gasteiger partial charge on any atom is -0.493 e. The average Bonchev–Trinajstić information content (AvgIpc) is 2.99. The van der Waals surface area contributed by atoms with Crippen LogP contribution < -0.4 is 14.8 Å². The topological polar surface area (TPSA) is 59.9 Å². The molecule has 0 radical (unpaired) electrons. The Morgan fingerprint density at radius 1 is 1.22 bits per heavy atom. The number of carbonyl (C=O) groups is 1. The molecule has 1 fully saturated rings. The molecule has 1 amide bonds. The number of thioether (sulfide) groups is 1. The highest BCUT2D eigenvalue weighted by Crippen LogP contribution is 2.36. The molecular weight excluding hydrogens is 384 g/mol. The van der Waals surface area contributed by atoms with Crippen molar-refractivity contribution in [2.45, 2.75) is 13.8 Å². The van der Waals surface area contributed by atoms with Crippen LogP contribution in [0.2, 0.25) is 5.02 Å². The van der Waals surface area contributed by atoms with Crippen LogP contribution in [0.4, 0.5) is 5.69 Å². The first-order valence-corrected chi connectivity index (χ1v) is 9.56. The molecule has 0 aromatic heterocycles. The van der Waals surface area contributed by atoms with Gasteiger partial charge in [0.1, 0.15) is 0 Å². The first kappa shape index (κ1) is 19.3. The molecule has 0 unspecified atom stereocenters. The molecular formula is C20H19ClN2O3S. The summed E-state index contributed by atoms with van der Waals surface area (Å²) < 4.78 is 10.9. The molecule has 7 heteroatoms. The number of rotatable bonds is 5. The maximum Gasteiger partial charge on any atom is 0.264 e. The standard InChI is InChI=1S/C20H19ClN2O3S/c1-4-26-17-9-13(15(21)11-16(17)25-3)10-18-19(24)23-20(27-18)22-14-7-5-12(2)6-8-14/h5-11H,4H2,1-3H3,(H,22,23,24)/b18-10+. The van der Waals surface area contributed by atoms with E-state index in [0.29, 0.717) is 38.8 Å². The lowest BCUT2D eigenvalue weighted by Crippen LogP contribution is -2.19. The van der Waals surface area contributed by atoms with Crippen molar-refractivity contribution in [3.8, 4) is 11.5 Å². The van der Waals surface area contributed by atoms with Crippen LogP contribution in [0.1, 0.15) is 18.1 Å². The Morgan fingerprint density at radius 3 is 2.63 bits per heavy atom. The van der Waals surface area contributed by atoms with Gasteiger partial charge in [-0.25, -0.2) is 4.99 Å². The second-order valence-electron chi connectivity index (χ2n) is 5.77. The van der Waals surface area contributed by atoms with Crippen molar-refractivity contribution < 1.29 is 14.3 Å². The third-order valence-electron chi connectivity index (χ3n) is 3.78. The van der Waals surface area contributed by atoms with E-state index < -0.39 is 0 Å². The Bertz CT molecular complexity index is 924. The summed E-state index contributed by atoms with van der Waals surface area (Å²) in [7, 11) is 1.56. The van der Waals surface area contributed by atoms with E-state index in [4.69, 9.17) is 21.1 Å². The Labute approximate surface area is 167 Å². The molecule has 1 aliphatic rings. The summed E-state index contributed by atoms with van der Waals surface area (Å²) in [6.45, 7) is 4.40. The number of carbonyl (C=O) groups excluding carboxylic acids is 1. The highest BCUT2D eigenvalue weighted by Gasteiger charge is 2.24. The number of benzene rings is 2. The molecule has 27 heavy (non-hydrogen) atoms. The molecule has 0 bridgehead atoms. The predicted octanol–water partition coefficient (Wildman–Crippen LogP) is 4.95. The monoisotopic (exact) mass is 402 g/mol. The first-order chi connectivity index (χ1) is 13.0. The van der Waals surface area contributed by atoms with Gasteiger partial charge in [-0.1, -0.05) is 29.3 Å². The third-order valence-corrected chi connectivity index (χ3v) is 5.02. The van der Waals surface area contributed by atoms with Gasteiger partial charge in [-0.2, -0.15) is 0 Å². The number of amidine groups is 1. The van der Waals surface area contributed by atoms with Crippen LogP contribution in [-0.4, -0.2) is 24.8 Å². The van der Waals surface area contributed by atoms with Crippen molar-refractivity contribution in [1.82, 2.24) is 5.32 Å². The van der Waals surface area contributed by atoms with Gasteiger partial charge in [0.15, 0.2) is 16.7 Å². The number of aryl methyl sites for hydroxylation is 1. The van der Waals surface area contributed by atoms with Crippen molar-refractivity contribution in [1.29, 1.82) is 0 Å². The Hall–Kier alpha value is -2.44. The normalized spacial score (nSPS) is 16.7. The summed E-state index contributed by atoms with van der Waals surface area (Å²) in [5.41, 5.74) is 2.61. The van der Waals surface area contributed by atoms with Crippen LogP contribution in [0, 0.1) is 6.92 Å². The number of nitrogens with zero attached hydrogens (tertiary/aromatic N) is 1. The fourth-order valence-electron chi connectivity index (χ4n) is 2.45. The maximum absolute atomic E-state index is 12.3. The van der Waals surface area contributed by atoms with Gasteiger partial charge < -0.3 is 14.8 Å². The van der Waals surface area contributed by atoms with Gasteiger partial charge in [-0.05, 0) is 55.4 Å². The number of ether oxygens (including phenoxy) is 2. The van der Waals surface area contributed by atoms with E-state index in [1.807, 2.05) is 38.1 Å². The first-order valence-electron chi connectivity index (χ1n) is 8.36. The summed E-state index contributed by atoms with van der Waals surface area (Å²) in [5, 5.41) is 3.78. The molecule has 1 saturated heterocycles. The van der Waals surface area contributed by atoms with Gasteiger partial charge in [0.25, 0.3) is 5.91 Å². The van der Waals surface area contributed by atoms with E-state index in [1.54, 1.807) is 25.3 Å². The van der Waals surface area contributed by atoms with Gasteiger partial charge in [0.2, 0.25) is 0 Å². The summed E-state index contributed by atoms with van der Waals surface area (Å²) >= 11 is 7.61. The zero-order valence-electron chi connectivity index (χ0n) is 15.2. The Kier molecular flexibility index (Phi) is 6.08. The van der Waals surface area contributed by atoms with Crippen LogP contribution in [-0.2, 0) is 4.79 Å². The summed E-state index contributed by atoms with van der Waals surface area (Å²) in [6.07, 6.45) is 1.72. The number of hydrogen-bond donors (Lipinski definition) is 1. The summed E-state index contributed by atoms with van der Waals surface area (Å²) in [4.78, 5) is 17.3. The number of aliphatic imine (C=N–C) groups is 1. The van der Waals surface area contributed by atoms with Crippen molar-refractivity contribution in [3.63, 3.8) is 0 Å². The average molecular weight is 403 g/mol. The lowest BCUT2D eigenvalue weighted by molar-refractivity contribution is -0.115. The van der Waals surface area contributed by atoms with Crippen LogP contribution in [0.3, 0.4) is 0 Å². The third kappa shape index (κ3) is 4.64. The molecule has 1 aliphatic heterocycles. The van der Waals surface area contributed by atoms with Crippen LogP contribution in [0.25, 0.3) is 6.08 Å². The molecule has 3 rings (SSSR count). The number of hydrogen-bond acceptors (Lipinski definition) is 5. The van der Waals surface area contributed by atoms with Crippen molar-refractivity contribution >= 4 is 46.2 Å². The highest BCUT2D eigenvalue weighted by atomic mass is 35.5. The lowest BCUT2D eigenvalue weighted by atomic mass is 10.2. The van der Waals surface area contributed by atoms with Crippen molar-refractivity contribution in [2.75, 3.05) is 13.7 Å². The van der Waals surface area contributed by atoms with E-state index in [9.17, 15) is 4.79 Å². The predicted molar refractivity (Wildman–Crippen MR) is 111 cm³/mol. The van der Waals surface area contributed by atoms with E-state index in [1.165, 1.54) is 11.8 Å². The van der Waals surface area contributed by atoms with Crippen LogP contribution in [0.5, 0.6) is 11.5 Å². The zero-order chi connectivity index (χ0) is 19.4. The van der Waals surface area contributed by atoms with Gasteiger partial charge in [0.05, 0.1) is 29.3 Å². The highest BCUT2D eigenvalue weighted by molar-refractivity contribution is 8.18. The van der Waals surface area contributed by atoms with E-state index >= 15 is 0 Å². The van der Waals surface area contributed by atoms with Gasteiger partial charge in [0, 0.05) is 6.07 Å². The maximum atomic E-state index is 12.3. The van der Waals surface area contributed by atoms with E-state index in [0.717, 1.165) is 11.3 Å². The molecule has 5 nitrogen and oxygen atoms in total. The summed E-state index contributed by atoms with van der Waals surface area (Å²) in [6, 6.07) is 11.2. The second kappa shape index (κ2) is 8.50. The molecule has 0 spiro atoms. The summed E-state index contributed by atoms with van der Waals surface area (Å²) in [5.74, 6) is 0.915. The Morgan fingerprint density at radius 2 is 1.96 bits per heavy atom. The number of methoxy groups -OCH3 is 1. The lowest BCUT2D eigenvalue weighted by Gasteiger charge is -2.11. The smallest absolute Gasteiger partial charge is 0.264 e. The molecule has 140 valence electrons. The van der Waals surface area contributed by atoms with Crippen molar-refractivity contribution in [3.05, 3.63) is 57.5 Å². The van der Waals surface area contributed by atoms with Gasteiger partial charge in [-0.15, -0.1) is 0 Å². The number of halogens is 1. The van der Waals surface area contributed by atoms with Gasteiger partial charge >= 0.3 is 0 Å². The molecule has 2 aromatic rings. The van der Waals surface area contributed by atoms with Crippen LogP contribution >= 0.6 is 23.4 Å². The Balaban J connectivity index is 1.88. The second-order valence-corrected chi connectivity index (χ2v) is 7.21. The zero-order valence-corrected chi connectivity index (χ0v) is 16.8. The SMILES string of the molecule is CCOc1cc(/C=C2/SC(=Nc3ccc(C)cc3)NC2=O)c(Cl)cc1OC. The fraction of sp³-hybridized carbons (Fsp3) is 0.200. The molecule has 0 atom stereocenters. The van der Waals surface area contributed by atoms with Gasteiger partial charge in [-0.3, -0.25) is 4.79 Å². The number of nitrogens with one attached hydrogen (secondary N) is 1. The van der Waals surface area contributed by atoms with Crippen molar-refractivity contribution in [2.24, 2.45) is 4.99 Å². The fourth-order valence-corrected chi connectivity index (χ4v) is 3.49. The molecule has 0 aliphatic carbocycles. The molecule has 2 aromatic carbocycles. The quantitative estimate of drug-likeness (QED) is 0.719. The van der Waals surface area contributed by atoms with E-state index in [-0.39, 0.29) is 5.91 Å². The number of amides is 1. The minimum absolute atomic E-state index is 0.212. The minimum atomic E-state index is -0.212. The van der Waals surface area contributed by atoms with Crippen LogP contribution in [0.15, 0.2) is 46.3 Å². The molecule has 0 saturated carbocycles. The molecule has 1 N–H and O–H groups in total. The molecule has 1 heterocycles. The largest absolute Gasteiger partial charge is 0.493 e. The van der Waals surface area contributed by atoms with E-state index in [2.05, 4.69) is 10.3 Å².